The maximum absolute atomic E-state index is 5.67. The summed E-state index contributed by atoms with van der Waals surface area (Å²) in [6.07, 6.45) is 3.51. The Bertz CT molecular complexity index is 648. The second kappa shape index (κ2) is 4.03. The Morgan fingerprint density at radius 2 is 1.88 bits per heavy atom. The van der Waals surface area contributed by atoms with Crippen molar-refractivity contribution in [3.05, 3.63) is 42.7 Å². The lowest BCUT2D eigenvalue weighted by atomic mass is 10.3. The number of rotatable bonds is 2. The van der Waals surface area contributed by atoms with Crippen molar-refractivity contribution < 1.29 is 0 Å². The van der Waals surface area contributed by atoms with Crippen LogP contribution in [0.15, 0.2) is 42.7 Å². The summed E-state index contributed by atoms with van der Waals surface area (Å²) >= 11 is 1.49. The average molecular weight is 242 g/mol. The number of nitrogens with zero attached hydrogens (tertiary/aromatic N) is 2. The van der Waals surface area contributed by atoms with Gasteiger partial charge < -0.3 is 11.1 Å². The van der Waals surface area contributed by atoms with Crippen LogP contribution in [0.1, 0.15) is 0 Å². The summed E-state index contributed by atoms with van der Waals surface area (Å²) in [4.78, 5) is 8.20. The predicted octanol–water partition coefficient (Wildman–Crippen LogP) is 3.02. The molecule has 3 aromatic rings. The van der Waals surface area contributed by atoms with E-state index in [9.17, 15) is 0 Å². The first-order valence-corrected chi connectivity index (χ1v) is 5.96. The van der Waals surface area contributed by atoms with E-state index in [-0.39, 0.29) is 0 Å². The molecule has 3 rings (SSSR count). The van der Waals surface area contributed by atoms with E-state index in [1.165, 1.54) is 11.3 Å². The fourth-order valence-electron chi connectivity index (χ4n) is 1.62. The summed E-state index contributed by atoms with van der Waals surface area (Å²) < 4.78 is 1.08. The lowest BCUT2D eigenvalue weighted by molar-refractivity contribution is 1.33. The lowest BCUT2D eigenvalue weighted by Crippen LogP contribution is -1.89. The van der Waals surface area contributed by atoms with Crippen molar-refractivity contribution in [2.75, 3.05) is 11.1 Å². The molecule has 0 bridgehead atoms. The Kier molecular flexibility index (Phi) is 2.38. The van der Waals surface area contributed by atoms with Crippen molar-refractivity contribution in [3.63, 3.8) is 0 Å². The Morgan fingerprint density at radius 1 is 1.06 bits per heavy atom. The van der Waals surface area contributed by atoms with Gasteiger partial charge in [-0.2, -0.15) is 0 Å². The van der Waals surface area contributed by atoms with Crippen LogP contribution in [0.25, 0.3) is 10.2 Å². The first-order valence-electron chi connectivity index (χ1n) is 5.14. The maximum atomic E-state index is 5.67. The van der Waals surface area contributed by atoms with Crippen LogP contribution in [-0.2, 0) is 0 Å². The SMILES string of the molecule is Nc1nc2ccc(Nc3ccncc3)cc2s1. The van der Waals surface area contributed by atoms with E-state index in [4.69, 9.17) is 5.73 Å². The van der Waals surface area contributed by atoms with Gasteiger partial charge in [-0.1, -0.05) is 11.3 Å². The highest BCUT2D eigenvalue weighted by molar-refractivity contribution is 7.22. The van der Waals surface area contributed by atoms with Gasteiger partial charge >= 0.3 is 0 Å². The van der Waals surface area contributed by atoms with Crippen molar-refractivity contribution in [2.45, 2.75) is 0 Å². The van der Waals surface area contributed by atoms with Crippen LogP contribution in [-0.4, -0.2) is 9.97 Å². The molecule has 0 spiro atoms. The van der Waals surface area contributed by atoms with Crippen molar-refractivity contribution in [3.8, 4) is 0 Å². The van der Waals surface area contributed by atoms with Gasteiger partial charge in [-0.15, -0.1) is 0 Å². The van der Waals surface area contributed by atoms with Crippen molar-refractivity contribution >= 4 is 38.1 Å². The van der Waals surface area contributed by atoms with Crippen LogP contribution in [0.5, 0.6) is 0 Å². The van der Waals surface area contributed by atoms with E-state index in [1.807, 2.05) is 30.3 Å². The number of anilines is 3. The van der Waals surface area contributed by atoms with Gasteiger partial charge in [0.25, 0.3) is 0 Å². The highest BCUT2D eigenvalue weighted by Crippen LogP contribution is 2.27. The van der Waals surface area contributed by atoms with E-state index >= 15 is 0 Å². The molecule has 0 aliphatic carbocycles. The van der Waals surface area contributed by atoms with Gasteiger partial charge in [-0.25, -0.2) is 4.98 Å². The number of nitrogens with two attached hydrogens (primary N) is 1. The van der Waals surface area contributed by atoms with E-state index in [0.29, 0.717) is 5.13 Å². The summed E-state index contributed by atoms with van der Waals surface area (Å²) in [5, 5.41) is 3.90. The summed E-state index contributed by atoms with van der Waals surface area (Å²) in [7, 11) is 0. The van der Waals surface area contributed by atoms with Gasteiger partial charge in [0.15, 0.2) is 5.13 Å². The molecule has 1 aromatic carbocycles. The summed E-state index contributed by atoms with van der Waals surface area (Å²) in [6.45, 7) is 0. The average Bonchev–Trinajstić information content (AvgIpc) is 2.70. The summed E-state index contributed by atoms with van der Waals surface area (Å²) in [6, 6.07) is 9.84. The van der Waals surface area contributed by atoms with Gasteiger partial charge in [-0.3, -0.25) is 4.98 Å². The fraction of sp³-hybridized carbons (Fsp3) is 0. The molecule has 0 amide bonds. The van der Waals surface area contributed by atoms with Crippen molar-refractivity contribution in [2.24, 2.45) is 0 Å². The van der Waals surface area contributed by atoms with E-state index in [1.54, 1.807) is 12.4 Å². The highest BCUT2D eigenvalue weighted by Gasteiger charge is 2.02. The molecule has 2 heterocycles. The Morgan fingerprint density at radius 3 is 2.71 bits per heavy atom. The van der Waals surface area contributed by atoms with Crippen LogP contribution >= 0.6 is 11.3 Å². The Balaban J connectivity index is 1.95. The third-order valence-electron chi connectivity index (χ3n) is 2.37. The second-order valence-corrected chi connectivity index (χ2v) is 4.66. The summed E-state index contributed by atoms with van der Waals surface area (Å²) in [5.41, 5.74) is 8.64. The molecular weight excluding hydrogens is 232 g/mol. The van der Waals surface area contributed by atoms with E-state index < -0.39 is 0 Å². The third kappa shape index (κ3) is 2.05. The second-order valence-electron chi connectivity index (χ2n) is 3.60. The van der Waals surface area contributed by atoms with E-state index in [2.05, 4.69) is 15.3 Å². The molecule has 3 N–H and O–H groups in total. The number of fused-ring (bicyclic) bond motifs is 1. The standard InChI is InChI=1S/C12H10N4S/c13-12-16-10-2-1-9(7-11(10)17-12)15-8-3-5-14-6-4-8/h1-7H,(H2,13,16)(H,14,15). The van der Waals surface area contributed by atoms with Crippen LogP contribution in [0, 0.1) is 0 Å². The topological polar surface area (TPSA) is 63.8 Å². The number of pyridine rings is 1. The maximum Gasteiger partial charge on any atom is 0.181 e. The minimum atomic E-state index is 0.598. The lowest BCUT2D eigenvalue weighted by Gasteiger charge is -2.05. The molecule has 0 saturated carbocycles. The molecule has 0 fully saturated rings. The summed E-state index contributed by atoms with van der Waals surface area (Å²) in [5.74, 6) is 0. The predicted molar refractivity (Wildman–Crippen MR) is 71.6 cm³/mol. The third-order valence-corrected chi connectivity index (χ3v) is 3.22. The Labute approximate surface area is 102 Å². The molecule has 0 atom stereocenters. The molecule has 0 saturated heterocycles. The molecule has 0 radical (unpaired) electrons. The van der Waals surface area contributed by atoms with Gasteiger partial charge in [0.1, 0.15) is 0 Å². The number of aromatic nitrogens is 2. The number of thiazole rings is 1. The minimum absolute atomic E-state index is 0.598. The van der Waals surface area contributed by atoms with E-state index in [0.717, 1.165) is 21.6 Å². The minimum Gasteiger partial charge on any atom is -0.375 e. The molecular formula is C12H10N4S. The highest BCUT2D eigenvalue weighted by atomic mass is 32.1. The van der Waals surface area contributed by atoms with Gasteiger partial charge in [0.05, 0.1) is 10.2 Å². The zero-order chi connectivity index (χ0) is 11.7. The molecule has 2 aromatic heterocycles. The quantitative estimate of drug-likeness (QED) is 0.725. The number of benzene rings is 1. The van der Waals surface area contributed by atoms with Crippen LogP contribution in [0.4, 0.5) is 16.5 Å². The van der Waals surface area contributed by atoms with Crippen LogP contribution in [0.2, 0.25) is 0 Å². The largest absolute Gasteiger partial charge is 0.375 e. The van der Waals surface area contributed by atoms with Crippen molar-refractivity contribution in [1.29, 1.82) is 0 Å². The zero-order valence-corrected chi connectivity index (χ0v) is 9.74. The van der Waals surface area contributed by atoms with Crippen LogP contribution < -0.4 is 11.1 Å². The molecule has 84 valence electrons. The van der Waals surface area contributed by atoms with Gasteiger partial charge in [0, 0.05) is 23.8 Å². The first-order chi connectivity index (χ1) is 8.31. The number of hydrogen-bond acceptors (Lipinski definition) is 5. The fourth-order valence-corrected chi connectivity index (χ4v) is 2.40. The monoisotopic (exact) mass is 242 g/mol. The zero-order valence-electron chi connectivity index (χ0n) is 8.92. The first kappa shape index (κ1) is 10.0. The number of nitrogen functional groups attached to an aromatic ring is 1. The normalized spacial score (nSPS) is 10.6. The molecule has 0 aliphatic rings. The smallest absolute Gasteiger partial charge is 0.181 e. The molecule has 17 heavy (non-hydrogen) atoms. The molecule has 0 unspecified atom stereocenters. The van der Waals surface area contributed by atoms with Crippen molar-refractivity contribution in [1.82, 2.24) is 9.97 Å². The molecule has 0 aliphatic heterocycles. The Hall–Kier alpha value is -2.14. The number of hydrogen-bond donors (Lipinski definition) is 2. The van der Waals surface area contributed by atoms with Gasteiger partial charge in [-0.05, 0) is 30.3 Å². The molecule has 4 nitrogen and oxygen atoms in total. The van der Waals surface area contributed by atoms with Gasteiger partial charge in [0.2, 0.25) is 0 Å². The molecule has 5 heteroatoms. The van der Waals surface area contributed by atoms with Crippen LogP contribution in [0.3, 0.4) is 0 Å². The number of nitrogens with one attached hydrogen (secondary N) is 1.